The fraction of sp³-hybridized carbons (Fsp3) is 0.250. The fourth-order valence-corrected chi connectivity index (χ4v) is 3.94. The van der Waals surface area contributed by atoms with E-state index in [0.29, 0.717) is 35.2 Å². The van der Waals surface area contributed by atoms with E-state index in [2.05, 4.69) is 18.8 Å². The summed E-state index contributed by atoms with van der Waals surface area (Å²) in [7, 11) is 0. The number of hydrogen-bond acceptors (Lipinski definition) is 5. The first-order valence-electron chi connectivity index (χ1n) is 11.4. The number of aromatic nitrogens is 1. The lowest BCUT2D eigenvalue weighted by atomic mass is 9.98. The van der Waals surface area contributed by atoms with E-state index >= 15 is 0 Å². The monoisotopic (exact) mass is 456 g/mol. The molecule has 2 heterocycles. The zero-order valence-corrected chi connectivity index (χ0v) is 19.6. The van der Waals surface area contributed by atoms with Crippen LogP contribution in [0, 0.1) is 5.92 Å². The molecular formula is C28H28N2O4. The predicted molar refractivity (Wildman–Crippen MR) is 132 cm³/mol. The number of carbonyl (C=O) groups is 2. The summed E-state index contributed by atoms with van der Waals surface area (Å²) >= 11 is 0. The van der Waals surface area contributed by atoms with Crippen LogP contribution in [0.1, 0.15) is 43.6 Å². The van der Waals surface area contributed by atoms with Crippen molar-refractivity contribution in [2.45, 2.75) is 33.2 Å². The van der Waals surface area contributed by atoms with Gasteiger partial charge in [-0.05, 0) is 66.4 Å². The minimum absolute atomic E-state index is 0.0131. The maximum Gasteiger partial charge on any atom is 0.300 e. The molecule has 1 atom stereocenters. The first-order valence-corrected chi connectivity index (χ1v) is 11.4. The number of anilines is 1. The topological polar surface area (TPSA) is 79.7 Å². The van der Waals surface area contributed by atoms with E-state index in [1.807, 2.05) is 31.2 Å². The number of carbonyl (C=O) groups excluding carboxylic acids is 2. The predicted octanol–water partition coefficient (Wildman–Crippen LogP) is 5.31. The van der Waals surface area contributed by atoms with Gasteiger partial charge in [0, 0.05) is 17.4 Å². The van der Waals surface area contributed by atoms with Gasteiger partial charge in [-0.1, -0.05) is 39.0 Å². The molecule has 1 aromatic heterocycles. The highest BCUT2D eigenvalue weighted by Crippen LogP contribution is 2.41. The van der Waals surface area contributed by atoms with Crippen molar-refractivity contribution in [2.75, 3.05) is 11.5 Å². The molecule has 1 unspecified atom stereocenters. The van der Waals surface area contributed by atoms with Crippen LogP contribution in [0.4, 0.5) is 5.69 Å². The van der Waals surface area contributed by atoms with Crippen molar-refractivity contribution < 1.29 is 19.4 Å². The Morgan fingerprint density at radius 3 is 2.32 bits per heavy atom. The van der Waals surface area contributed by atoms with Gasteiger partial charge in [0.05, 0.1) is 17.9 Å². The van der Waals surface area contributed by atoms with E-state index in [1.54, 1.807) is 48.7 Å². The van der Waals surface area contributed by atoms with Crippen LogP contribution in [-0.2, 0) is 16.0 Å². The Morgan fingerprint density at radius 1 is 1.03 bits per heavy atom. The normalized spacial score (nSPS) is 17.4. The van der Waals surface area contributed by atoms with Crippen LogP contribution in [0.15, 0.2) is 78.5 Å². The average molecular weight is 457 g/mol. The first-order chi connectivity index (χ1) is 16.4. The molecule has 0 aliphatic carbocycles. The number of aliphatic hydroxyl groups excluding tert-OH is 1. The van der Waals surface area contributed by atoms with Crippen molar-refractivity contribution in [3.63, 3.8) is 0 Å². The van der Waals surface area contributed by atoms with E-state index in [0.717, 1.165) is 12.0 Å². The number of hydrogen-bond donors (Lipinski definition) is 1. The Balaban J connectivity index is 1.79. The molecule has 0 spiro atoms. The number of rotatable bonds is 7. The second-order valence-corrected chi connectivity index (χ2v) is 8.67. The Morgan fingerprint density at radius 2 is 1.74 bits per heavy atom. The standard InChI is InChI=1S/C28H28N2O4/c1-4-19-8-12-21(13-9-19)30-25(23-7-5-6-16-29-23)24(27(32)28(30)33)26(31)20-10-14-22(15-11-20)34-17-18(2)3/h5-16,18,25,31H,4,17H2,1-3H3/b26-24-. The average Bonchev–Trinajstić information content (AvgIpc) is 3.13. The molecule has 3 aromatic rings. The van der Waals surface area contributed by atoms with Crippen LogP contribution >= 0.6 is 0 Å². The van der Waals surface area contributed by atoms with Gasteiger partial charge in [0.15, 0.2) is 0 Å². The molecule has 1 N–H and O–H groups in total. The van der Waals surface area contributed by atoms with Crippen molar-refractivity contribution in [1.82, 2.24) is 4.98 Å². The smallest absolute Gasteiger partial charge is 0.300 e. The Kier molecular flexibility index (Phi) is 6.77. The van der Waals surface area contributed by atoms with E-state index in [1.165, 1.54) is 4.90 Å². The van der Waals surface area contributed by atoms with E-state index in [-0.39, 0.29) is 11.3 Å². The second kappa shape index (κ2) is 9.91. The van der Waals surface area contributed by atoms with Crippen LogP contribution in [0.5, 0.6) is 5.75 Å². The van der Waals surface area contributed by atoms with Crippen molar-refractivity contribution in [2.24, 2.45) is 5.92 Å². The van der Waals surface area contributed by atoms with Gasteiger partial charge in [-0.25, -0.2) is 0 Å². The van der Waals surface area contributed by atoms with Crippen LogP contribution in [0.25, 0.3) is 5.76 Å². The number of pyridine rings is 1. The Hall–Kier alpha value is -3.93. The van der Waals surface area contributed by atoms with E-state index < -0.39 is 17.7 Å². The molecule has 174 valence electrons. The lowest BCUT2D eigenvalue weighted by molar-refractivity contribution is -0.132. The zero-order chi connectivity index (χ0) is 24.2. The SMILES string of the molecule is CCc1ccc(N2C(=O)C(=O)/C(=C(\O)c3ccc(OCC(C)C)cc3)C2c2ccccn2)cc1. The van der Waals surface area contributed by atoms with Gasteiger partial charge >= 0.3 is 0 Å². The van der Waals surface area contributed by atoms with Gasteiger partial charge in [-0.15, -0.1) is 0 Å². The summed E-state index contributed by atoms with van der Waals surface area (Å²) in [5, 5.41) is 11.2. The summed E-state index contributed by atoms with van der Waals surface area (Å²) in [5.74, 6) is -0.625. The third-order valence-electron chi connectivity index (χ3n) is 5.75. The summed E-state index contributed by atoms with van der Waals surface area (Å²) in [6.07, 6.45) is 2.47. The van der Waals surface area contributed by atoms with Crippen LogP contribution in [-0.4, -0.2) is 28.4 Å². The summed E-state index contributed by atoms with van der Waals surface area (Å²) in [6, 6.07) is 18.8. The van der Waals surface area contributed by atoms with Crippen molar-refractivity contribution >= 4 is 23.1 Å². The molecule has 1 saturated heterocycles. The minimum Gasteiger partial charge on any atom is -0.507 e. The van der Waals surface area contributed by atoms with Crippen molar-refractivity contribution in [3.8, 4) is 5.75 Å². The quantitative estimate of drug-likeness (QED) is 0.296. The molecule has 1 aliphatic heterocycles. The Bertz CT molecular complexity index is 1200. The number of aryl methyl sites for hydroxylation is 1. The number of Topliss-reactive ketones (excluding diaryl/α,β-unsaturated/α-hetero) is 1. The summed E-state index contributed by atoms with van der Waals surface area (Å²) in [5.41, 5.74) is 2.64. The largest absolute Gasteiger partial charge is 0.507 e. The van der Waals surface area contributed by atoms with Crippen molar-refractivity contribution in [3.05, 3.63) is 95.3 Å². The van der Waals surface area contributed by atoms with Gasteiger partial charge in [-0.3, -0.25) is 19.5 Å². The highest BCUT2D eigenvalue weighted by Gasteiger charge is 2.47. The number of aliphatic hydroxyl groups is 1. The van der Waals surface area contributed by atoms with Crippen LogP contribution in [0.3, 0.4) is 0 Å². The summed E-state index contributed by atoms with van der Waals surface area (Å²) in [4.78, 5) is 32.2. The number of ketones is 1. The van der Waals surface area contributed by atoms with Crippen molar-refractivity contribution in [1.29, 1.82) is 0 Å². The van der Waals surface area contributed by atoms with Gasteiger partial charge in [-0.2, -0.15) is 0 Å². The number of nitrogens with zero attached hydrogens (tertiary/aromatic N) is 2. The van der Waals surface area contributed by atoms with E-state index in [4.69, 9.17) is 4.74 Å². The second-order valence-electron chi connectivity index (χ2n) is 8.67. The van der Waals surface area contributed by atoms with Crippen LogP contribution in [0.2, 0.25) is 0 Å². The molecule has 0 saturated carbocycles. The third-order valence-corrected chi connectivity index (χ3v) is 5.75. The lowest BCUT2D eigenvalue weighted by Crippen LogP contribution is -2.29. The molecule has 1 aliphatic rings. The lowest BCUT2D eigenvalue weighted by Gasteiger charge is -2.24. The number of amides is 1. The highest BCUT2D eigenvalue weighted by molar-refractivity contribution is 6.51. The van der Waals surface area contributed by atoms with Gasteiger partial charge in [0.2, 0.25) is 0 Å². The molecule has 6 nitrogen and oxygen atoms in total. The van der Waals surface area contributed by atoms with Gasteiger partial charge < -0.3 is 9.84 Å². The maximum atomic E-state index is 13.2. The van der Waals surface area contributed by atoms with Gasteiger partial charge in [0.1, 0.15) is 17.6 Å². The molecule has 2 aromatic carbocycles. The number of ether oxygens (including phenoxy) is 1. The molecule has 0 bridgehead atoms. The Labute approximate surface area is 199 Å². The fourth-order valence-electron chi connectivity index (χ4n) is 3.94. The molecule has 4 rings (SSSR count). The maximum absolute atomic E-state index is 13.2. The number of benzene rings is 2. The zero-order valence-electron chi connectivity index (χ0n) is 19.6. The third kappa shape index (κ3) is 4.57. The molecule has 1 fully saturated rings. The molecule has 0 radical (unpaired) electrons. The molecule has 1 amide bonds. The first kappa shape index (κ1) is 23.2. The highest BCUT2D eigenvalue weighted by atomic mass is 16.5. The van der Waals surface area contributed by atoms with E-state index in [9.17, 15) is 14.7 Å². The molecule has 34 heavy (non-hydrogen) atoms. The van der Waals surface area contributed by atoms with Crippen LogP contribution < -0.4 is 9.64 Å². The molecule has 6 heteroatoms. The minimum atomic E-state index is -0.842. The summed E-state index contributed by atoms with van der Waals surface area (Å²) in [6.45, 7) is 6.75. The van der Waals surface area contributed by atoms with Gasteiger partial charge in [0.25, 0.3) is 11.7 Å². The molecular weight excluding hydrogens is 428 g/mol. The summed E-state index contributed by atoms with van der Waals surface area (Å²) < 4.78 is 5.71.